The molecular formula is C11H19N3O4. The summed E-state index contributed by atoms with van der Waals surface area (Å²) in [5.41, 5.74) is 2.15. The van der Waals surface area contributed by atoms with Gasteiger partial charge in [0.15, 0.2) is 6.61 Å². The predicted molar refractivity (Wildman–Crippen MR) is 62.9 cm³/mol. The topological polar surface area (TPSA) is 82.1 Å². The fraction of sp³-hybridized carbons (Fsp3) is 0.818. The second-order valence-electron chi connectivity index (χ2n) is 4.72. The van der Waals surface area contributed by atoms with E-state index in [0.717, 1.165) is 19.5 Å². The van der Waals surface area contributed by atoms with Crippen LogP contribution in [0.2, 0.25) is 0 Å². The summed E-state index contributed by atoms with van der Waals surface area (Å²) in [5, 5.41) is 8.38. The monoisotopic (exact) mass is 257 g/mol. The van der Waals surface area contributed by atoms with Gasteiger partial charge >= 0.3 is 12.0 Å². The molecule has 0 bridgehead atoms. The Bertz CT molecular complexity index is 317. The Morgan fingerprint density at radius 3 is 2.67 bits per heavy atom. The van der Waals surface area contributed by atoms with Gasteiger partial charge in [0.1, 0.15) is 0 Å². The lowest BCUT2D eigenvalue weighted by atomic mass is 10.2. The van der Waals surface area contributed by atoms with Crippen LogP contribution in [-0.4, -0.2) is 65.7 Å². The van der Waals surface area contributed by atoms with Crippen molar-refractivity contribution in [2.45, 2.75) is 25.3 Å². The number of carbonyl (C=O) groups excluding carboxylic acids is 1. The number of carboxylic acids is 1. The smallest absolute Gasteiger partial charge is 0.341 e. The van der Waals surface area contributed by atoms with Crippen molar-refractivity contribution in [2.75, 3.05) is 32.8 Å². The van der Waals surface area contributed by atoms with Crippen molar-refractivity contribution in [1.29, 1.82) is 0 Å². The number of nitrogens with one attached hydrogen (secondary N) is 1. The van der Waals surface area contributed by atoms with Crippen LogP contribution in [0.3, 0.4) is 0 Å². The summed E-state index contributed by atoms with van der Waals surface area (Å²) in [5.74, 6) is -1.10. The van der Waals surface area contributed by atoms with Gasteiger partial charge in [-0.25, -0.2) is 15.1 Å². The molecule has 2 amide bonds. The molecule has 1 unspecified atom stereocenters. The van der Waals surface area contributed by atoms with Crippen LogP contribution in [-0.2, 0) is 9.63 Å². The van der Waals surface area contributed by atoms with E-state index in [-0.39, 0.29) is 6.03 Å². The fourth-order valence-electron chi connectivity index (χ4n) is 2.56. The normalized spacial score (nSPS) is 24.4. The number of amides is 2. The molecule has 2 rings (SSSR count). The number of hydroxylamine groups is 1. The maximum absolute atomic E-state index is 11.7. The molecule has 0 aromatic heterocycles. The van der Waals surface area contributed by atoms with Crippen molar-refractivity contribution in [1.82, 2.24) is 15.3 Å². The van der Waals surface area contributed by atoms with E-state index < -0.39 is 12.6 Å². The van der Waals surface area contributed by atoms with E-state index in [4.69, 9.17) is 5.11 Å². The lowest BCUT2D eigenvalue weighted by Gasteiger charge is -2.23. The van der Waals surface area contributed by atoms with Gasteiger partial charge in [0.05, 0.1) is 0 Å². The Kier molecular flexibility index (Phi) is 4.38. The number of nitrogens with zero attached hydrogens (tertiary/aromatic N) is 2. The molecular weight excluding hydrogens is 238 g/mol. The summed E-state index contributed by atoms with van der Waals surface area (Å²) in [6.45, 7) is 3.12. The minimum Gasteiger partial charge on any atom is -0.479 e. The van der Waals surface area contributed by atoms with Crippen LogP contribution >= 0.6 is 0 Å². The maximum atomic E-state index is 11.7. The zero-order chi connectivity index (χ0) is 13.0. The molecule has 2 heterocycles. The second kappa shape index (κ2) is 6.01. The number of likely N-dealkylation sites (tertiary alicyclic amines) is 2. The number of rotatable bonds is 4. The number of aliphatic carboxylic acids is 1. The third-order valence-corrected chi connectivity index (χ3v) is 3.46. The first-order valence-corrected chi connectivity index (χ1v) is 6.29. The molecule has 0 aliphatic carbocycles. The van der Waals surface area contributed by atoms with Crippen molar-refractivity contribution in [3.05, 3.63) is 0 Å². The Morgan fingerprint density at radius 2 is 2.00 bits per heavy atom. The largest absolute Gasteiger partial charge is 0.479 e. The van der Waals surface area contributed by atoms with Crippen LogP contribution in [0.15, 0.2) is 0 Å². The van der Waals surface area contributed by atoms with Gasteiger partial charge in [0, 0.05) is 19.1 Å². The molecule has 2 aliphatic rings. The molecule has 0 radical (unpaired) electrons. The third kappa shape index (κ3) is 3.33. The SMILES string of the molecule is O=C(O)CONC(=O)N1CCC(N2CCCC2)C1. The van der Waals surface area contributed by atoms with E-state index in [2.05, 4.69) is 15.2 Å². The van der Waals surface area contributed by atoms with E-state index in [1.807, 2.05) is 0 Å². The fourth-order valence-corrected chi connectivity index (χ4v) is 2.56. The summed E-state index contributed by atoms with van der Waals surface area (Å²) in [4.78, 5) is 30.6. The standard InChI is InChI=1S/C11H19N3O4/c15-10(16)8-18-12-11(17)14-6-3-9(7-14)13-4-1-2-5-13/h9H,1-8H2,(H,12,17)(H,15,16). The predicted octanol–water partition coefficient (Wildman–Crippen LogP) is -0.118. The summed E-state index contributed by atoms with van der Waals surface area (Å²) in [7, 11) is 0. The Labute approximate surface area is 106 Å². The van der Waals surface area contributed by atoms with E-state index in [1.54, 1.807) is 4.90 Å². The molecule has 2 saturated heterocycles. The van der Waals surface area contributed by atoms with E-state index in [0.29, 0.717) is 19.1 Å². The highest BCUT2D eigenvalue weighted by Gasteiger charge is 2.31. The first kappa shape index (κ1) is 13.1. The average molecular weight is 257 g/mol. The minimum atomic E-state index is -1.10. The molecule has 18 heavy (non-hydrogen) atoms. The van der Waals surface area contributed by atoms with Crippen LogP contribution in [0.1, 0.15) is 19.3 Å². The maximum Gasteiger partial charge on any atom is 0.341 e. The number of urea groups is 1. The summed E-state index contributed by atoms with van der Waals surface area (Å²) in [6, 6.07) is 0.0932. The van der Waals surface area contributed by atoms with Crippen molar-refractivity contribution < 1.29 is 19.5 Å². The van der Waals surface area contributed by atoms with Gasteiger partial charge < -0.3 is 10.0 Å². The van der Waals surface area contributed by atoms with Gasteiger partial charge in [0.2, 0.25) is 0 Å². The van der Waals surface area contributed by atoms with Crippen molar-refractivity contribution in [2.24, 2.45) is 0 Å². The van der Waals surface area contributed by atoms with Gasteiger partial charge in [-0.1, -0.05) is 0 Å². The number of carboxylic acid groups (broad SMARTS) is 1. The lowest BCUT2D eigenvalue weighted by molar-refractivity contribution is -0.144. The average Bonchev–Trinajstić information content (AvgIpc) is 2.99. The summed E-state index contributed by atoms with van der Waals surface area (Å²) < 4.78 is 0. The van der Waals surface area contributed by atoms with Gasteiger partial charge in [-0.2, -0.15) is 0 Å². The van der Waals surface area contributed by atoms with Crippen molar-refractivity contribution in [3.8, 4) is 0 Å². The number of hydrogen-bond acceptors (Lipinski definition) is 4. The number of carbonyl (C=O) groups is 2. The third-order valence-electron chi connectivity index (χ3n) is 3.46. The molecule has 0 spiro atoms. The van der Waals surface area contributed by atoms with E-state index in [1.165, 1.54) is 12.8 Å². The highest BCUT2D eigenvalue weighted by molar-refractivity contribution is 5.74. The quantitative estimate of drug-likeness (QED) is 0.686. The van der Waals surface area contributed by atoms with E-state index in [9.17, 15) is 9.59 Å². The van der Waals surface area contributed by atoms with Gasteiger partial charge in [-0.3, -0.25) is 9.74 Å². The Hall–Kier alpha value is -1.34. The Morgan fingerprint density at radius 1 is 1.28 bits per heavy atom. The summed E-state index contributed by atoms with van der Waals surface area (Å²) >= 11 is 0. The van der Waals surface area contributed by atoms with E-state index >= 15 is 0 Å². The van der Waals surface area contributed by atoms with Gasteiger partial charge in [-0.15, -0.1) is 0 Å². The zero-order valence-electron chi connectivity index (χ0n) is 10.3. The molecule has 2 fully saturated rings. The molecule has 7 nitrogen and oxygen atoms in total. The van der Waals surface area contributed by atoms with Crippen molar-refractivity contribution >= 4 is 12.0 Å². The highest BCUT2D eigenvalue weighted by atomic mass is 16.7. The van der Waals surface area contributed by atoms with Gasteiger partial charge in [-0.05, 0) is 32.4 Å². The second-order valence-corrected chi connectivity index (χ2v) is 4.72. The number of hydrogen-bond donors (Lipinski definition) is 2. The van der Waals surface area contributed by atoms with Crippen molar-refractivity contribution in [3.63, 3.8) is 0 Å². The molecule has 0 saturated carbocycles. The minimum absolute atomic E-state index is 0.349. The van der Waals surface area contributed by atoms with Gasteiger partial charge in [0.25, 0.3) is 0 Å². The Balaban J connectivity index is 1.70. The summed E-state index contributed by atoms with van der Waals surface area (Å²) in [6.07, 6.45) is 3.46. The van der Waals surface area contributed by atoms with Crippen LogP contribution in [0.25, 0.3) is 0 Å². The molecule has 0 aromatic carbocycles. The highest BCUT2D eigenvalue weighted by Crippen LogP contribution is 2.20. The molecule has 102 valence electrons. The van der Waals surface area contributed by atoms with Crippen LogP contribution in [0.5, 0.6) is 0 Å². The molecule has 1 atom stereocenters. The first-order chi connectivity index (χ1) is 8.66. The van der Waals surface area contributed by atoms with Crippen LogP contribution in [0.4, 0.5) is 4.79 Å². The van der Waals surface area contributed by atoms with Crippen LogP contribution in [0, 0.1) is 0 Å². The molecule has 2 aliphatic heterocycles. The molecule has 7 heteroatoms. The first-order valence-electron chi connectivity index (χ1n) is 6.29. The molecule has 0 aromatic rings. The van der Waals surface area contributed by atoms with Crippen LogP contribution < -0.4 is 5.48 Å². The lowest BCUT2D eigenvalue weighted by Crippen LogP contribution is -2.42. The zero-order valence-corrected chi connectivity index (χ0v) is 10.3. The molecule has 2 N–H and O–H groups in total.